The minimum absolute atomic E-state index is 0.0287. The van der Waals surface area contributed by atoms with Crippen molar-refractivity contribution in [2.75, 3.05) is 10.3 Å². The number of nitrogens with one attached hydrogen (secondary N) is 1. The highest BCUT2D eigenvalue weighted by Crippen LogP contribution is 2.64. The second-order valence-corrected chi connectivity index (χ2v) is 14.3. The van der Waals surface area contributed by atoms with Crippen molar-refractivity contribution in [3.8, 4) is 5.75 Å². The first-order valence-corrected chi connectivity index (χ1v) is 17.1. The topological polar surface area (TPSA) is 107 Å². The molecule has 2 heterocycles. The first-order valence-electron chi connectivity index (χ1n) is 15.9. The van der Waals surface area contributed by atoms with Crippen LogP contribution in [0.2, 0.25) is 5.02 Å². The van der Waals surface area contributed by atoms with Gasteiger partial charge in [0, 0.05) is 15.4 Å². The van der Waals surface area contributed by atoms with E-state index < -0.39 is 52.6 Å². The Hall–Kier alpha value is -4.80. The van der Waals surface area contributed by atoms with Crippen LogP contribution in [0.5, 0.6) is 5.75 Å². The molecule has 11 heteroatoms. The van der Waals surface area contributed by atoms with Crippen LogP contribution in [0.1, 0.15) is 29.9 Å². The van der Waals surface area contributed by atoms with Crippen LogP contribution in [0.3, 0.4) is 0 Å². The van der Waals surface area contributed by atoms with Gasteiger partial charge in [-0.15, -0.1) is 0 Å². The van der Waals surface area contributed by atoms with Crippen molar-refractivity contribution in [3.05, 3.63) is 135 Å². The number of aromatic hydroxyl groups is 1. The van der Waals surface area contributed by atoms with Crippen LogP contribution in [-0.4, -0.2) is 33.7 Å². The van der Waals surface area contributed by atoms with Gasteiger partial charge in [0.1, 0.15) is 11.6 Å². The third kappa shape index (κ3) is 4.75. The molecule has 0 bridgehead atoms. The van der Waals surface area contributed by atoms with Crippen molar-refractivity contribution in [1.29, 1.82) is 0 Å². The minimum atomic E-state index is -1.49. The van der Waals surface area contributed by atoms with E-state index in [2.05, 4.69) is 21.4 Å². The van der Waals surface area contributed by atoms with Gasteiger partial charge >= 0.3 is 0 Å². The number of allylic oxidation sites excluding steroid dienone is 2. The molecule has 4 amide bonds. The number of imide groups is 2. The molecule has 0 spiro atoms. The lowest BCUT2D eigenvalue weighted by Crippen LogP contribution is -2.53. The average Bonchev–Trinajstić information content (AvgIpc) is 3.48. The van der Waals surface area contributed by atoms with Crippen LogP contribution < -0.4 is 10.3 Å². The number of nitrogens with zero attached hydrogens (tertiary/aromatic N) is 2. The molecule has 0 unspecified atom stereocenters. The number of phenols is 1. The van der Waals surface area contributed by atoms with Crippen LogP contribution in [-0.2, 0) is 24.6 Å². The fraction of sp³-hybridized carbons (Fsp3) is 0.211. The van der Waals surface area contributed by atoms with Crippen LogP contribution in [0, 0.1) is 29.5 Å². The Kier molecular flexibility index (Phi) is 7.49. The van der Waals surface area contributed by atoms with E-state index in [1.807, 2.05) is 6.08 Å². The molecular weight excluding hydrogens is 713 g/mol. The maximum Gasteiger partial charge on any atom is 0.260 e. The molecule has 0 radical (unpaired) electrons. The Balaban J connectivity index is 1.31. The number of amides is 4. The number of hydrazine groups is 1. The van der Waals surface area contributed by atoms with Gasteiger partial charge in [-0.1, -0.05) is 63.4 Å². The van der Waals surface area contributed by atoms with Crippen molar-refractivity contribution >= 4 is 62.5 Å². The Morgan fingerprint density at radius 1 is 0.816 bits per heavy atom. The second-order valence-electron chi connectivity index (χ2n) is 13.0. The largest absolute Gasteiger partial charge is 0.508 e. The van der Waals surface area contributed by atoms with Gasteiger partial charge in [0.25, 0.3) is 11.8 Å². The molecule has 4 aliphatic rings. The lowest BCUT2D eigenvalue weighted by Gasteiger charge is -2.50. The van der Waals surface area contributed by atoms with E-state index in [4.69, 9.17) is 11.6 Å². The highest BCUT2D eigenvalue weighted by atomic mass is 79.9. The molecule has 6 atom stereocenters. The summed E-state index contributed by atoms with van der Waals surface area (Å²) < 4.78 is 14.6. The molecule has 2 aliphatic heterocycles. The molecule has 2 aliphatic carbocycles. The number of carbonyl (C=O) groups excluding carboxylic acids is 4. The zero-order valence-corrected chi connectivity index (χ0v) is 28.1. The summed E-state index contributed by atoms with van der Waals surface area (Å²) >= 11 is 9.74. The fourth-order valence-corrected chi connectivity index (χ4v) is 8.93. The van der Waals surface area contributed by atoms with E-state index in [0.717, 1.165) is 15.1 Å². The molecule has 4 aromatic carbocycles. The van der Waals surface area contributed by atoms with E-state index >= 15 is 4.79 Å². The molecule has 0 aromatic heterocycles. The molecule has 8 rings (SSSR count). The summed E-state index contributed by atoms with van der Waals surface area (Å²) in [5, 5.41) is 11.7. The third-order valence-electron chi connectivity index (χ3n) is 10.6. The number of hydrogen-bond donors (Lipinski definition) is 2. The van der Waals surface area contributed by atoms with Crippen LogP contribution in [0.15, 0.2) is 113 Å². The number of hydrogen-bond acceptors (Lipinski definition) is 6. The monoisotopic (exact) mass is 739 g/mol. The van der Waals surface area contributed by atoms with Gasteiger partial charge in [0.15, 0.2) is 0 Å². The number of anilines is 2. The van der Waals surface area contributed by atoms with E-state index in [-0.39, 0.29) is 30.4 Å². The van der Waals surface area contributed by atoms with Crippen molar-refractivity contribution in [1.82, 2.24) is 5.01 Å². The summed E-state index contributed by atoms with van der Waals surface area (Å²) in [6.07, 6.45) is 2.38. The molecule has 8 nitrogen and oxygen atoms in total. The quantitative estimate of drug-likeness (QED) is 0.167. The average molecular weight is 741 g/mol. The van der Waals surface area contributed by atoms with Gasteiger partial charge < -0.3 is 5.11 Å². The molecule has 3 fully saturated rings. The normalized spacial score (nSPS) is 27.5. The number of halogens is 3. The lowest BCUT2D eigenvalue weighted by molar-refractivity contribution is -0.138. The van der Waals surface area contributed by atoms with Gasteiger partial charge in [-0.3, -0.25) is 29.5 Å². The van der Waals surface area contributed by atoms with E-state index in [9.17, 15) is 23.9 Å². The standard InChI is InChI=1S/C38H28BrClFN3O5/c39-22-5-13-26(14-6-22)43-34(46)29-18-17-28-30(32(29)36(43)48)19-31-35(47)44(42-25-11-9-24(41)10-12-25)37(49)38(31,21-3-7-23(40)8-4-21)33(28)20-1-15-27(45)16-2-20/h1-17,29-33,42,45H,18-19H2/t29-,30+,31-,32-,33-,38+/m0/s1. The highest BCUT2D eigenvalue weighted by molar-refractivity contribution is 9.10. The maximum atomic E-state index is 15.1. The van der Waals surface area contributed by atoms with Gasteiger partial charge in [0.05, 0.1) is 34.5 Å². The number of phenolic OH excluding ortho intramolecular Hbond substituents is 1. The Bertz CT molecular complexity index is 2060. The highest BCUT2D eigenvalue weighted by Gasteiger charge is 2.70. The number of fused-ring (bicyclic) bond motifs is 4. The zero-order chi connectivity index (χ0) is 34.2. The van der Waals surface area contributed by atoms with Crippen molar-refractivity contribution in [3.63, 3.8) is 0 Å². The molecule has 2 N–H and O–H groups in total. The summed E-state index contributed by atoms with van der Waals surface area (Å²) in [4.78, 5) is 59.2. The molecule has 2 saturated heterocycles. The van der Waals surface area contributed by atoms with Crippen molar-refractivity contribution in [2.45, 2.75) is 24.2 Å². The summed E-state index contributed by atoms with van der Waals surface area (Å²) in [7, 11) is 0. The van der Waals surface area contributed by atoms with Crippen molar-refractivity contribution < 1.29 is 28.7 Å². The number of benzene rings is 4. The molecule has 246 valence electrons. The predicted octanol–water partition coefficient (Wildman–Crippen LogP) is 7.14. The Morgan fingerprint density at radius 3 is 2.16 bits per heavy atom. The minimum Gasteiger partial charge on any atom is -0.508 e. The van der Waals surface area contributed by atoms with E-state index in [1.165, 1.54) is 41.3 Å². The van der Waals surface area contributed by atoms with Crippen molar-refractivity contribution in [2.24, 2.45) is 23.7 Å². The van der Waals surface area contributed by atoms with Gasteiger partial charge in [-0.25, -0.2) is 4.39 Å². The Labute approximate surface area is 294 Å². The zero-order valence-electron chi connectivity index (χ0n) is 25.7. The van der Waals surface area contributed by atoms with Crippen LogP contribution in [0.4, 0.5) is 15.8 Å². The second kappa shape index (κ2) is 11.7. The molecule has 49 heavy (non-hydrogen) atoms. The van der Waals surface area contributed by atoms with Crippen LogP contribution in [0.25, 0.3) is 0 Å². The smallest absolute Gasteiger partial charge is 0.260 e. The summed E-state index contributed by atoms with van der Waals surface area (Å²) in [6.45, 7) is 0. The summed E-state index contributed by atoms with van der Waals surface area (Å²) in [6, 6.07) is 25.7. The Morgan fingerprint density at radius 2 is 1.49 bits per heavy atom. The van der Waals surface area contributed by atoms with E-state index in [0.29, 0.717) is 27.5 Å². The molecule has 4 aromatic rings. The first kappa shape index (κ1) is 31.5. The van der Waals surface area contributed by atoms with Gasteiger partial charge in [-0.2, -0.15) is 5.01 Å². The van der Waals surface area contributed by atoms with E-state index in [1.54, 1.807) is 60.7 Å². The lowest BCUT2D eigenvalue weighted by atomic mass is 9.49. The number of rotatable bonds is 5. The molecule has 1 saturated carbocycles. The summed E-state index contributed by atoms with van der Waals surface area (Å²) in [5.41, 5.74) is 4.28. The van der Waals surface area contributed by atoms with Crippen LogP contribution >= 0.6 is 27.5 Å². The fourth-order valence-electron chi connectivity index (χ4n) is 8.54. The number of carbonyl (C=O) groups is 4. The molecular formula is C38H28BrClFN3O5. The van der Waals surface area contributed by atoms with Gasteiger partial charge in [0.2, 0.25) is 11.8 Å². The third-order valence-corrected chi connectivity index (χ3v) is 11.3. The predicted molar refractivity (Wildman–Crippen MR) is 184 cm³/mol. The maximum absolute atomic E-state index is 15.1. The summed E-state index contributed by atoms with van der Waals surface area (Å²) in [5.74, 6) is -5.72. The SMILES string of the molecule is O=C1[C@@H]2C[C@@H]3C(=CC[C@@H]4C(=O)N(c5ccc(Br)cc5)C(=O)[C@@H]43)[C@H](c3ccc(O)cc3)[C@]2(c2ccc(Cl)cc2)C(=O)N1Nc1ccc(F)cc1. The van der Waals surface area contributed by atoms with Gasteiger partial charge in [-0.05, 0) is 103 Å². The first-order chi connectivity index (χ1) is 23.6.